The van der Waals surface area contributed by atoms with Crippen molar-refractivity contribution in [1.29, 1.82) is 0 Å². The molecule has 0 aromatic carbocycles. The zero-order valence-electron chi connectivity index (χ0n) is 10.1. The molecule has 5 heteroatoms. The Hall–Kier alpha value is -0.290. The first kappa shape index (κ1) is 13.1. The molecule has 2 nitrogen and oxygen atoms in total. The van der Waals surface area contributed by atoms with Crippen molar-refractivity contribution in [3.8, 4) is 0 Å². The van der Waals surface area contributed by atoms with E-state index >= 15 is 0 Å². The minimum absolute atomic E-state index is 0.124. The Morgan fingerprint density at radius 3 is 2.18 bits per heavy atom. The van der Waals surface area contributed by atoms with E-state index in [4.69, 9.17) is 0 Å². The summed E-state index contributed by atoms with van der Waals surface area (Å²) in [7, 11) is 0. The lowest BCUT2D eigenvalue weighted by Crippen LogP contribution is -2.49. The van der Waals surface area contributed by atoms with Crippen molar-refractivity contribution in [2.45, 2.75) is 44.3 Å². The number of hydrogen-bond acceptors (Lipinski definition) is 2. The summed E-state index contributed by atoms with van der Waals surface area (Å²) in [6, 6.07) is 0.124. The van der Waals surface area contributed by atoms with Gasteiger partial charge in [0.15, 0.2) is 0 Å². The van der Waals surface area contributed by atoms with E-state index in [1.807, 2.05) is 0 Å². The van der Waals surface area contributed by atoms with Gasteiger partial charge in [-0.2, -0.15) is 13.2 Å². The Kier molecular flexibility index (Phi) is 4.31. The Morgan fingerprint density at radius 1 is 1.06 bits per heavy atom. The van der Waals surface area contributed by atoms with E-state index < -0.39 is 12.7 Å². The third-order valence-corrected chi connectivity index (χ3v) is 3.92. The van der Waals surface area contributed by atoms with E-state index in [-0.39, 0.29) is 6.04 Å². The van der Waals surface area contributed by atoms with Crippen LogP contribution < -0.4 is 5.32 Å². The molecule has 0 aromatic rings. The first-order valence-electron chi connectivity index (χ1n) is 6.56. The van der Waals surface area contributed by atoms with Crippen LogP contribution in [-0.4, -0.2) is 43.3 Å². The molecule has 1 saturated heterocycles. The zero-order valence-corrected chi connectivity index (χ0v) is 10.1. The van der Waals surface area contributed by atoms with Crippen molar-refractivity contribution in [3.63, 3.8) is 0 Å². The van der Waals surface area contributed by atoms with Crippen LogP contribution in [0, 0.1) is 5.92 Å². The van der Waals surface area contributed by atoms with Gasteiger partial charge in [-0.15, -0.1) is 0 Å². The summed E-state index contributed by atoms with van der Waals surface area (Å²) < 4.78 is 37.7. The normalized spacial score (nSPS) is 24.0. The fourth-order valence-corrected chi connectivity index (χ4v) is 2.75. The lowest BCUT2D eigenvalue weighted by Gasteiger charge is -2.39. The van der Waals surface area contributed by atoms with Crippen molar-refractivity contribution in [1.82, 2.24) is 10.2 Å². The highest BCUT2D eigenvalue weighted by atomic mass is 19.4. The minimum atomic E-state index is -4.06. The van der Waals surface area contributed by atoms with Crippen LogP contribution in [-0.2, 0) is 0 Å². The van der Waals surface area contributed by atoms with Gasteiger partial charge in [0.25, 0.3) is 0 Å². The molecule has 0 unspecified atom stereocenters. The maximum atomic E-state index is 12.6. The van der Waals surface area contributed by atoms with Gasteiger partial charge in [0, 0.05) is 12.6 Å². The van der Waals surface area contributed by atoms with E-state index in [1.54, 1.807) is 4.90 Å². The molecule has 0 spiro atoms. The molecule has 0 atom stereocenters. The molecular formula is C12H21F3N2. The molecule has 2 rings (SSSR count). The molecule has 1 N–H and O–H groups in total. The summed E-state index contributed by atoms with van der Waals surface area (Å²) in [5.41, 5.74) is 0. The first-order valence-corrected chi connectivity index (χ1v) is 6.56. The average molecular weight is 250 g/mol. The lowest BCUT2D eigenvalue weighted by molar-refractivity contribution is -0.154. The minimum Gasteiger partial charge on any atom is -0.317 e. The summed E-state index contributed by atoms with van der Waals surface area (Å²) in [5.74, 6) is 0.507. The SMILES string of the molecule is FC(F)(F)CN(CC1CCC1)C1CCNCC1. The standard InChI is InChI=1S/C12H21F3N2/c13-12(14,15)9-17(8-10-2-1-3-10)11-4-6-16-7-5-11/h10-11,16H,1-9H2. The highest BCUT2D eigenvalue weighted by molar-refractivity contribution is 4.83. The van der Waals surface area contributed by atoms with Gasteiger partial charge in [0.1, 0.15) is 0 Å². The summed E-state index contributed by atoms with van der Waals surface area (Å²) in [5, 5.41) is 3.21. The third-order valence-electron chi connectivity index (χ3n) is 3.92. The van der Waals surface area contributed by atoms with E-state index in [9.17, 15) is 13.2 Å². The summed E-state index contributed by atoms with van der Waals surface area (Å²) in [6.45, 7) is 1.62. The fourth-order valence-electron chi connectivity index (χ4n) is 2.75. The summed E-state index contributed by atoms with van der Waals surface area (Å²) in [4.78, 5) is 1.69. The highest BCUT2D eigenvalue weighted by Gasteiger charge is 2.35. The second-order valence-corrected chi connectivity index (χ2v) is 5.32. The van der Waals surface area contributed by atoms with Crippen molar-refractivity contribution in [2.75, 3.05) is 26.2 Å². The molecule has 1 aliphatic carbocycles. The summed E-state index contributed by atoms with van der Waals surface area (Å²) >= 11 is 0. The maximum absolute atomic E-state index is 12.6. The topological polar surface area (TPSA) is 15.3 Å². The molecule has 1 aliphatic heterocycles. The van der Waals surface area contributed by atoms with Crippen LogP contribution >= 0.6 is 0 Å². The quantitative estimate of drug-likeness (QED) is 0.824. The highest BCUT2D eigenvalue weighted by Crippen LogP contribution is 2.30. The van der Waals surface area contributed by atoms with Crippen molar-refractivity contribution < 1.29 is 13.2 Å². The number of alkyl halides is 3. The van der Waals surface area contributed by atoms with Crippen LogP contribution in [0.25, 0.3) is 0 Å². The number of hydrogen-bond donors (Lipinski definition) is 1. The van der Waals surface area contributed by atoms with Crippen LogP contribution in [0.2, 0.25) is 0 Å². The predicted molar refractivity (Wildman–Crippen MR) is 60.9 cm³/mol. The number of nitrogens with one attached hydrogen (secondary N) is 1. The van der Waals surface area contributed by atoms with E-state index in [0.717, 1.165) is 38.8 Å². The fraction of sp³-hybridized carbons (Fsp3) is 1.00. The first-order chi connectivity index (χ1) is 8.04. The number of halogens is 3. The van der Waals surface area contributed by atoms with Crippen LogP contribution in [0.5, 0.6) is 0 Å². The Bertz CT molecular complexity index is 232. The molecule has 0 bridgehead atoms. The van der Waals surface area contributed by atoms with Crippen LogP contribution in [0.1, 0.15) is 32.1 Å². The summed E-state index contributed by atoms with van der Waals surface area (Å²) in [6.07, 6.45) is 1.05. The van der Waals surface area contributed by atoms with Crippen LogP contribution in [0.4, 0.5) is 13.2 Å². The molecule has 100 valence electrons. The largest absolute Gasteiger partial charge is 0.401 e. The smallest absolute Gasteiger partial charge is 0.317 e. The second-order valence-electron chi connectivity index (χ2n) is 5.32. The molecule has 2 fully saturated rings. The molecule has 0 radical (unpaired) electrons. The molecule has 2 aliphatic rings. The van der Waals surface area contributed by atoms with Gasteiger partial charge in [-0.05, 0) is 44.7 Å². The van der Waals surface area contributed by atoms with Crippen molar-refractivity contribution in [3.05, 3.63) is 0 Å². The van der Waals surface area contributed by atoms with Gasteiger partial charge in [-0.25, -0.2) is 0 Å². The number of nitrogens with zero attached hydrogens (tertiary/aromatic N) is 1. The Labute approximate surface area is 101 Å². The monoisotopic (exact) mass is 250 g/mol. The third kappa shape index (κ3) is 4.14. The van der Waals surface area contributed by atoms with Gasteiger partial charge < -0.3 is 5.32 Å². The molecule has 0 amide bonds. The van der Waals surface area contributed by atoms with E-state index in [1.165, 1.54) is 6.42 Å². The van der Waals surface area contributed by atoms with Gasteiger partial charge in [0.2, 0.25) is 0 Å². The maximum Gasteiger partial charge on any atom is 0.401 e. The van der Waals surface area contributed by atoms with Gasteiger partial charge in [-0.3, -0.25) is 4.90 Å². The average Bonchev–Trinajstić information content (AvgIpc) is 2.21. The zero-order chi connectivity index (χ0) is 12.3. The molecule has 17 heavy (non-hydrogen) atoms. The van der Waals surface area contributed by atoms with Crippen LogP contribution in [0.15, 0.2) is 0 Å². The van der Waals surface area contributed by atoms with Gasteiger partial charge in [0.05, 0.1) is 6.54 Å². The molecular weight excluding hydrogens is 229 g/mol. The van der Waals surface area contributed by atoms with E-state index in [2.05, 4.69) is 5.32 Å². The predicted octanol–water partition coefficient (Wildman–Crippen LogP) is 2.40. The van der Waals surface area contributed by atoms with Crippen LogP contribution in [0.3, 0.4) is 0 Å². The lowest BCUT2D eigenvalue weighted by atomic mass is 9.84. The Morgan fingerprint density at radius 2 is 1.71 bits per heavy atom. The number of rotatable bonds is 4. The Balaban J connectivity index is 1.89. The number of piperidine rings is 1. The van der Waals surface area contributed by atoms with E-state index in [0.29, 0.717) is 12.5 Å². The second kappa shape index (κ2) is 5.57. The molecule has 0 aromatic heterocycles. The van der Waals surface area contributed by atoms with Gasteiger partial charge in [-0.1, -0.05) is 6.42 Å². The van der Waals surface area contributed by atoms with Crippen molar-refractivity contribution >= 4 is 0 Å². The van der Waals surface area contributed by atoms with Gasteiger partial charge >= 0.3 is 6.18 Å². The molecule has 1 saturated carbocycles. The molecule has 1 heterocycles. The van der Waals surface area contributed by atoms with Crippen molar-refractivity contribution in [2.24, 2.45) is 5.92 Å².